The third kappa shape index (κ3) is 6.32. The van der Waals surface area contributed by atoms with Crippen LogP contribution in [0.5, 0.6) is 0 Å². The Kier molecular flexibility index (Phi) is 8.46. The summed E-state index contributed by atoms with van der Waals surface area (Å²) in [6.45, 7) is 16.1. The van der Waals surface area contributed by atoms with Crippen molar-refractivity contribution in [1.82, 2.24) is 14.9 Å². The molecule has 6 heteroatoms. The zero-order valence-electron chi connectivity index (χ0n) is 21.4. The van der Waals surface area contributed by atoms with Crippen LogP contribution in [0.1, 0.15) is 61.5 Å². The fourth-order valence-corrected chi connectivity index (χ4v) is 4.41. The average molecular weight is 453 g/mol. The lowest BCUT2D eigenvalue weighted by atomic mass is 9.97. The van der Waals surface area contributed by atoms with E-state index in [0.717, 1.165) is 61.9 Å². The molecule has 6 nitrogen and oxygen atoms in total. The van der Waals surface area contributed by atoms with Gasteiger partial charge in [0.15, 0.2) is 0 Å². The topological polar surface area (TPSA) is 58.6 Å². The SMILES string of the molecule is COCc1nc(CC(C)C)nc(N2CCN(C(=O)C(C)C)CC2)c1Cc1cc(C)ccc1C. The molecule has 1 aromatic heterocycles. The number of hydrogen-bond donors (Lipinski definition) is 0. The highest BCUT2D eigenvalue weighted by Gasteiger charge is 2.27. The highest BCUT2D eigenvalue weighted by atomic mass is 16.5. The second kappa shape index (κ2) is 11.1. The predicted molar refractivity (Wildman–Crippen MR) is 134 cm³/mol. The minimum Gasteiger partial charge on any atom is -0.378 e. The first kappa shape index (κ1) is 25.2. The van der Waals surface area contributed by atoms with Gasteiger partial charge in [-0.2, -0.15) is 0 Å². The Labute approximate surface area is 199 Å². The highest BCUT2D eigenvalue weighted by molar-refractivity contribution is 5.78. The molecule has 0 atom stereocenters. The van der Waals surface area contributed by atoms with E-state index in [0.29, 0.717) is 12.5 Å². The summed E-state index contributed by atoms with van der Waals surface area (Å²) in [5.74, 6) is 2.61. The molecule has 1 saturated heterocycles. The Morgan fingerprint density at radius 1 is 1.06 bits per heavy atom. The van der Waals surface area contributed by atoms with Gasteiger partial charge in [0.2, 0.25) is 5.91 Å². The van der Waals surface area contributed by atoms with Gasteiger partial charge in [0.25, 0.3) is 0 Å². The van der Waals surface area contributed by atoms with Crippen LogP contribution in [0.2, 0.25) is 0 Å². The first-order valence-corrected chi connectivity index (χ1v) is 12.2. The summed E-state index contributed by atoms with van der Waals surface area (Å²) in [5.41, 5.74) is 5.93. The number of rotatable bonds is 8. The van der Waals surface area contributed by atoms with Crippen molar-refractivity contribution in [3.63, 3.8) is 0 Å². The lowest BCUT2D eigenvalue weighted by Crippen LogP contribution is -2.50. The number of anilines is 1. The van der Waals surface area contributed by atoms with Crippen molar-refractivity contribution < 1.29 is 9.53 Å². The van der Waals surface area contributed by atoms with Crippen LogP contribution in [0.4, 0.5) is 5.82 Å². The van der Waals surface area contributed by atoms with Crippen LogP contribution in [-0.2, 0) is 29.0 Å². The first-order valence-electron chi connectivity index (χ1n) is 12.2. The zero-order valence-corrected chi connectivity index (χ0v) is 21.4. The smallest absolute Gasteiger partial charge is 0.225 e. The summed E-state index contributed by atoms with van der Waals surface area (Å²) in [5, 5.41) is 0. The normalized spacial score (nSPS) is 14.5. The van der Waals surface area contributed by atoms with Crippen LogP contribution in [0.25, 0.3) is 0 Å². The summed E-state index contributed by atoms with van der Waals surface area (Å²) < 4.78 is 5.58. The van der Waals surface area contributed by atoms with E-state index in [1.54, 1.807) is 7.11 Å². The molecule has 2 heterocycles. The summed E-state index contributed by atoms with van der Waals surface area (Å²) in [7, 11) is 1.72. The fourth-order valence-electron chi connectivity index (χ4n) is 4.41. The number of aryl methyl sites for hydroxylation is 2. The quantitative estimate of drug-likeness (QED) is 0.597. The minimum absolute atomic E-state index is 0.0291. The molecule has 3 rings (SSSR count). The average Bonchev–Trinajstić information content (AvgIpc) is 2.77. The van der Waals surface area contributed by atoms with Crippen molar-refractivity contribution in [1.29, 1.82) is 0 Å². The molecule has 180 valence electrons. The van der Waals surface area contributed by atoms with Gasteiger partial charge in [-0.3, -0.25) is 4.79 Å². The molecule has 0 bridgehead atoms. The molecule has 1 aliphatic rings. The van der Waals surface area contributed by atoms with E-state index in [4.69, 9.17) is 14.7 Å². The molecule has 0 N–H and O–H groups in total. The standard InChI is InChI=1S/C27H40N4O2/c1-18(2)14-25-28-24(17-33-7)23(16-22-15-20(5)8-9-21(22)6)26(29-25)30-10-12-31(13-11-30)27(32)19(3)4/h8-9,15,18-19H,10-14,16-17H2,1-7H3. The Hall–Kier alpha value is -2.47. The largest absolute Gasteiger partial charge is 0.378 e. The van der Waals surface area contributed by atoms with Crippen LogP contribution >= 0.6 is 0 Å². The fraction of sp³-hybridized carbons (Fsp3) is 0.593. The molecule has 2 aromatic rings. The van der Waals surface area contributed by atoms with Gasteiger partial charge < -0.3 is 14.5 Å². The summed E-state index contributed by atoms with van der Waals surface area (Å²) in [6.07, 6.45) is 1.61. The van der Waals surface area contributed by atoms with Crippen LogP contribution in [0.15, 0.2) is 18.2 Å². The lowest BCUT2D eigenvalue weighted by Gasteiger charge is -2.37. The van der Waals surface area contributed by atoms with Gasteiger partial charge >= 0.3 is 0 Å². The molecule has 0 aliphatic carbocycles. The molecule has 0 unspecified atom stereocenters. The third-order valence-corrected chi connectivity index (χ3v) is 6.25. The second-order valence-electron chi connectivity index (χ2n) is 9.99. The monoisotopic (exact) mass is 452 g/mol. The van der Waals surface area contributed by atoms with Gasteiger partial charge in [0.05, 0.1) is 12.3 Å². The van der Waals surface area contributed by atoms with Crippen molar-refractivity contribution in [2.24, 2.45) is 11.8 Å². The Morgan fingerprint density at radius 2 is 1.76 bits per heavy atom. The molecule has 0 saturated carbocycles. The van der Waals surface area contributed by atoms with E-state index < -0.39 is 0 Å². The number of ether oxygens (including phenoxy) is 1. The number of amides is 1. The van der Waals surface area contributed by atoms with Gasteiger partial charge in [-0.1, -0.05) is 51.5 Å². The van der Waals surface area contributed by atoms with Crippen LogP contribution in [-0.4, -0.2) is 54.1 Å². The van der Waals surface area contributed by atoms with E-state index in [9.17, 15) is 4.79 Å². The Bertz CT molecular complexity index is 963. The number of methoxy groups -OCH3 is 1. The molecule has 0 spiro atoms. The maximum absolute atomic E-state index is 12.5. The minimum atomic E-state index is 0.0291. The highest BCUT2D eigenvalue weighted by Crippen LogP contribution is 2.28. The molecular weight excluding hydrogens is 412 g/mol. The summed E-state index contributed by atoms with van der Waals surface area (Å²) in [4.78, 5) is 26.9. The molecular formula is C27H40N4O2. The van der Waals surface area contributed by atoms with Gasteiger partial charge in [-0.25, -0.2) is 9.97 Å². The molecule has 1 aliphatic heterocycles. The molecule has 1 aromatic carbocycles. The van der Waals surface area contributed by atoms with Gasteiger partial charge in [-0.15, -0.1) is 0 Å². The lowest BCUT2D eigenvalue weighted by molar-refractivity contribution is -0.134. The van der Waals surface area contributed by atoms with E-state index in [2.05, 4.69) is 50.8 Å². The number of aromatic nitrogens is 2. The predicted octanol–water partition coefficient (Wildman–Crippen LogP) is 4.33. The van der Waals surface area contributed by atoms with E-state index >= 15 is 0 Å². The second-order valence-corrected chi connectivity index (χ2v) is 9.99. The van der Waals surface area contributed by atoms with E-state index in [1.807, 2.05) is 18.7 Å². The summed E-state index contributed by atoms with van der Waals surface area (Å²) >= 11 is 0. The number of carbonyl (C=O) groups excluding carboxylic acids is 1. The first-order chi connectivity index (χ1) is 15.7. The van der Waals surface area contributed by atoms with Gasteiger partial charge in [0.1, 0.15) is 11.6 Å². The van der Waals surface area contributed by atoms with Crippen molar-refractivity contribution >= 4 is 11.7 Å². The number of benzene rings is 1. The molecule has 1 fully saturated rings. The maximum atomic E-state index is 12.5. The van der Waals surface area contributed by atoms with E-state index in [-0.39, 0.29) is 11.8 Å². The molecule has 1 amide bonds. The number of carbonyl (C=O) groups is 1. The van der Waals surface area contributed by atoms with Crippen LogP contribution in [0.3, 0.4) is 0 Å². The van der Waals surface area contributed by atoms with Crippen molar-refractivity contribution in [3.05, 3.63) is 52.0 Å². The van der Waals surface area contributed by atoms with Gasteiger partial charge in [0, 0.05) is 57.6 Å². The molecule has 33 heavy (non-hydrogen) atoms. The van der Waals surface area contributed by atoms with Crippen LogP contribution in [0, 0.1) is 25.7 Å². The molecule has 0 radical (unpaired) electrons. The maximum Gasteiger partial charge on any atom is 0.225 e. The number of nitrogens with zero attached hydrogens (tertiary/aromatic N) is 4. The van der Waals surface area contributed by atoms with Crippen molar-refractivity contribution in [2.75, 3.05) is 38.2 Å². The third-order valence-electron chi connectivity index (χ3n) is 6.25. The summed E-state index contributed by atoms with van der Waals surface area (Å²) in [6, 6.07) is 6.60. The zero-order chi connectivity index (χ0) is 24.1. The van der Waals surface area contributed by atoms with E-state index in [1.165, 1.54) is 16.7 Å². The van der Waals surface area contributed by atoms with Crippen LogP contribution < -0.4 is 4.90 Å². The number of piperazine rings is 1. The van der Waals surface area contributed by atoms with Crippen molar-refractivity contribution in [2.45, 2.75) is 61.0 Å². The van der Waals surface area contributed by atoms with Crippen molar-refractivity contribution in [3.8, 4) is 0 Å². The number of hydrogen-bond acceptors (Lipinski definition) is 5. The van der Waals surface area contributed by atoms with Gasteiger partial charge in [-0.05, 0) is 30.9 Å². The Morgan fingerprint density at radius 3 is 2.36 bits per heavy atom. The Balaban J connectivity index is 2.01.